The first-order chi connectivity index (χ1) is 24.2. The quantitative estimate of drug-likeness (QED) is 0.0950. The molecule has 7 rings (SSSR count). The Morgan fingerprint density at radius 1 is 0.647 bits per heavy atom. The second kappa shape index (κ2) is 12.0. The van der Waals surface area contributed by atoms with Crippen molar-refractivity contribution in [3.63, 3.8) is 0 Å². The third kappa shape index (κ3) is 5.64. The van der Waals surface area contributed by atoms with Crippen molar-refractivity contribution in [2.75, 3.05) is 0 Å². The fourth-order valence-corrected chi connectivity index (χ4v) is 6.46. The minimum absolute atomic E-state index is 0.0300. The van der Waals surface area contributed by atoms with Crippen molar-refractivity contribution in [1.29, 1.82) is 0 Å². The number of phenols is 8. The number of aromatic hydroxyl groups is 9. The molecule has 0 aliphatic carbocycles. The summed E-state index contributed by atoms with van der Waals surface area (Å²) in [5, 5.41) is 104. The topological polar surface area (TPSA) is 264 Å². The second-order valence-electron chi connectivity index (χ2n) is 12.2. The lowest BCUT2D eigenvalue weighted by molar-refractivity contribution is -0.0188. The highest BCUT2D eigenvalue weighted by Crippen LogP contribution is 2.48. The molecule has 0 unspecified atom stereocenters. The van der Waals surface area contributed by atoms with E-state index in [2.05, 4.69) is 0 Å². The summed E-state index contributed by atoms with van der Waals surface area (Å²) in [6.45, 7) is 0. The van der Waals surface area contributed by atoms with Crippen LogP contribution in [-0.4, -0.2) is 69.2 Å². The zero-order valence-corrected chi connectivity index (χ0v) is 26.0. The molecule has 15 heteroatoms. The first-order valence-electron chi connectivity index (χ1n) is 15.3. The van der Waals surface area contributed by atoms with Crippen LogP contribution in [0.1, 0.15) is 44.8 Å². The van der Waals surface area contributed by atoms with Crippen molar-refractivity contribution in [2.45, 2.75) is 37.3 Å². The lowest BCUT2D eigenvalue weighted by Gasteiger charge is -2.34. The molecular weight excluding hydrogens is 672 g/mol. The summed E-state index contributed by atoms with van der Waals surface area (Å²) in [6.07, 6.45) is -5.70. The molecule has 0 aromatic heterocycles. The average Bonchev–Trinajstić information content (AvgIpc) is 3.20. The van der Waals surface area contributed by atoms with Gasteiger partial charge in [-0.25, -0.2) is 4.79 Å². The number of carbonyl (C=O) groups excluding carboxylic acids is 1. The average molecular weight is 701 g/mol. The van der Waals surface area contributed by atoms with Gasteiger partial charge in [0.25, 0.3) is 0 Å². The molecule has 10 N–H and O–H groups in total. The summed E-state index contributed by atoms with van der Waals surface area (Å²) in [7, 11) is 0. The van der Waals surface area contributed by atoms with Crippen LogP contribution >= 0.6 is 0 Å². The Morgan fingerprint density at radius 2 is 1.27 bits per heavy atom. The maximum Gasteiger partial charge on any atom is 0.338 e. The van der Waals surface area contributed by atoms with Crippen LogP contribution in [0, 0.1) is 0 Å². The Morgan fingerprint density at radius 3 is 1.92 bits per heavy atom. The Hall–Kier alpha value is -6.74. The zero-order chi connectivity index (χ0) is 36.5. The monoisotopic (exact) mass is 700 g/mol. The van der Waals surface area contributed by atoms with Crippen molar-refractivity contribution < 1.29 is 70.1 Å². The Kier molecular flexibility index (Phi) is 7.71. The molecule has 0 saturated carbocycles. The van der Waals surface area contributed by atoms with E-state index < -0.39 is 75.5 Å². The van der Waals surface area contributed by atoms with Crippen LogP contribution in [0.4, 0.5) is 0 Å². The molecule has 0 spiro atoms. The standard InChI is InChI=1S/C36H28O15/c37-15-6-22(40)19-11-27(45)35(50-28(19)8-15)18-10-26(44)33(47)31-17(18)3-14(5-25(43)32(31)46)36(48)51-30-12-20-23(41)7-16(38)9-29(20)49-34(30)13-1-2-21(39)24(42)4-13/h1-10,27,30,34-35,37-42,44-45,47H,11-12H2,(H,43,46)/t27-,30-,34-,35-/m1/s1. The third-order valence-corrected chi connectivity index (χ3v) is 8.89. The first-order valence-corrected chi connectivity index (χ1v) is 15.3. The van der Waals surface area contributed by atoms with Crippen molar-refractivity contribution >= 4 is 16.7 Å². The number of hydrogen-bond donors (Lipinski definition) is 10. The van der Waals surface area contributed by atoms with E-state index in [1.54, 1.807) is 0 Å². The van der Waals surface area contributed by atoms with Crippen molar-refractivity contribution in [1.82, 2.24) is 0 Å². The molecule has 0 fully saturated rings. The number of carbonyl (C=O) groups is 1. The molecule has 15 nitrogen and oxygen atoms in total. The van der Waals surface area contributed by atoms with Gasteiger partial charge in [-0.3, -0.25) is 4.79 Å². The molecule has 0 saturated heterocycles. The van der Waals surface area contributed by atoms with E-state index in [1.165, 1.54) is 24.3 Å². The zero-order valence-electron chi connectivity index (χ0n) is 26.0. The number of aliphatic hydroxyl groups excluding tert-OH is 1. The molecule has 5 aromatic carbocycles. The maximum atomic E-state index is 13.9. The van der Waals surface area contributed by atoms with Gasteiger partial charge in [-0.15, -0.1) is 0 Å². The summed E-state index contributed by atoms with van der Waals surface area (Å²) in [5.74, 6) is -6.35. The van der Waals surface area contributed by atoms with E-state index in [-0.39, 0.29) is 75.0 Å². The third-order valence-electron chi connectivity index (χ3n) is 8.89. The van der Waals surface area contributed by atoms with Crippen molar-refractivity contribution in [3.8, 4) is 63.2 Å². The Labute approximate surface area is 285 Å². The maximum absolute atomic E-state index is 13.9. The van der Waals surface area contributed by atoms with Gasteiger partial charge >= 0.3 is 5.97 Å². The number of esters is 1. The van der Waals surface area contributed by atoms with Gasteiger partial charge in [0.2, 0.25) is 5.43 Å². The fraction of sp³-hybridized carbons (Fsp3) is 0.167. The van der Waals surface area contributed by atoms with E-state index in [4.69, 9.17) is 14.2 Å². The minimum atomic E-state index is -1.43. The van der Waals surface area contributed by atoms with Gasteiger partial charge in [0, 0.05) is 65.4 Å². The number of rotatable bonds is 4. The molecule has 0 radical (unpaired) electrons. The normalized spacial score (nSPS) is 19.3. The number of ether oxygens (including phenoxy) is 3. The molecule has 0 amide bonds. The highest BCUT2D eigenvalue weighted by atomic mass is 16.6. The van der Waals surface area contributed by atoms with Crippen LogP contribution in [-0.2, 0) is 17.6 Å². The Bertz CT molecular complexity index is 2340. The lowest BCUT2D eigenvalue weighted by Crippen LogP contribution is -2.34. The molecule has 2 aliphatic rings. The van der Waals surface area contributed by atoms with Gasteiger partial charge in [-0.2, -0.15) is 0 Å². The van der Waals surface area contributed by atoms with Gasteiger partial charge in [-0.05, 0) is 29.7 Å². The van der Waals surface area contributed by atoms with Crippen LogP contribution in [0.15, 0.2) is 65.5 Å². The largest absolute Gasteiger partial charge is 0.508 e. The highest BCUT2D eigenvalue weighted by molar-refractivity contribution is 6.01. The van der Waals surface area contributed by atoms with Crippen LogP contribution in [0.25, 0.3) is 10.8 Å². The summed E-state index contributed by atoms with van der Waals surface area (Å²) >= 11 is 0. The van der Waals surface area contributed by atoms with Crippen LogP contribution in [0.3, 0.4) is 0 Å². The van der Waals surface area contributed by atoms with Gasteiger partial charge in [-0.1, -0.05) is 6.07 Å². The van der Waals surface area contributed by atoms with Gasteiger partial charge < -0.3 is 65.3 Å². The summed E-state index contributed by atoms with van der Waals surface area (Å²) in [4.78, 5) is 27.1. The molecule has 51 heavy (non-hydrogen) atoms. The van der Waals surface area contributed by atoms with Gasteiger partial charge in [0.05, 0.1) is 17.1 Å². The highest BCUT2D eigenvalue weighted by Gasteiger charge is 2.38. The molecule has 0 bridgehead atoms. The van der Waals surface area contributed by atoms with Crippen LogP contribution < -0.4 is 14.9 Å². The summed E-state index contributed by atoms with van der Waals surface area (Å²) in [6, 6.07) is 11.0. The van der Waals surface area contributed by atoms with Crippen molar-refractivity contribution in [2.24, 2.45) is 0 Å². The van der Waals surface area contributed by atoms with Crippen molar-refractivity contribution in [3.05, 3.63) is 98.7 Å². The van der Waals surface area contributed by atoms with Crippen LogP contribution in [0.2, 0.25) is 0 Å². The SMILES string of the molecule is O=C(O[C@@H]1Cc2c(O)cc(O)cc2O[C@@H]1c1ccc(O)c(O)c1)c1cc(=O)c(O)c2c(O)c(O)cc([C@H]3Oc4cc(O)cc(O)c4C[C@H]3O)c2c1. The number of hydrogen-bond acceptors (Lipinski definition) is 15. The van der Waals surface area contributed by atoms with E-state index in [0.717, 1.165) is 36.4 Å². The Balaban J connectivity index is 1.34. The fourth-order valence-electron chi connectivity index (χ4n) is 6.46. The number of aliphatic hydroxyl groups is 1. The number of benzene rings is 4. The molecule has 4 atom stereocenters. The number of fused-ring (bicyclic) bond motifs is 3. The predicted molar refractivity (Wildman–Crippen MR) is 174 cm³/mol. The van der Waals surface area contributed by atoms with E-state index >= 15 is 0 Å². The van der Waals surface area contributed by atoms with E-state index in [1.807, 2.05) is 0 Å². The van der Waals surface area contributed by atoms with E-state index in [0.29, 0.717) is 0 Å². The van der Waals surface area contributed by atoms with Gasteiger partial charge in [0.15, 0.2) is 41.0 Å². The molecule has 2 aliphatic heterocycles. The number of phenolic OH excluding ortho intramolecular Hbond substituents is 8. The van der Waals surface area contributed by atoms with Gasteiger partial charge in [0.1, 0.15) is 40.6 Å². The molecular formula is C36H28O15. The first kappa shape index (κ1) is 32.8. The predicted octanol–water partition coefficient (Wildman–Crippen LogP) is 3.49. The molecule has 5 aromatic rings. The van der Waals surface area contributed by atoms with Crippen LogP contribution in [0.5, 0.6) is 63.2 Å². The summed E-state index contributed by atoms with van der Waals surface area (Å²) in [5.41, 5.74) is -1.24. The minimum Gasteiger partial charge on any atom is -0.508 e. The second-order valence-corrected chi connectivity index (χ2v) is 12.2. The molecule has 2 heterocycles. The summed E-state index contributed by atoms with van der Waals surface area (Å²) < 4.78 is 17.7. The lowest BCUT2D eigenvalue weighted by atomic mass is 9.91. The van der Waals surface area contributed by atoms with E-state index in [9.17, 15) is 60.7 Å². The smallest absolute Gasteiger partial charge is 0.338 e. The molecule has 262 valence electrons.